The maximum absolute atomic E-state index is 13.7. The van der Waals surface area contributed by atoms with Gasteiger partial charge in [-0.1, -0.05) is 36.4 Å². The molecule has 0 fully saturated rings. The van der Waals surface area contributed by atoms with Gasteiger partial charge in [-0.05, 0) is 66.7 Å². The van der Waals surface area contributed by atoms with Gasteiger partial charge >= 0.3 is 18.5 Å². The van der Waals surface area contributed by atoms with Crippen LogP contribution in [-0.4, -0.2) is 0 Å². The monoisotopic (exact) mass is 670 g/mol. The Morgan fingerprint density at radius 2 is 0.658 bits per heavy atom. The largest absolute Gasteiger partial charge is 1.00 e. The molecule has 0 aliphatic rings. The van der Waals surface area contributed by atoms with Gasteiger partial charge in [0.1, 0.15) is 28.5 Å². The van der Waals surface area contributed by atoms with E-state index in [1.165, 1.54) is 30.3 Å². The van der Waals surface area contributed by atoms with Crippen molar-refractivity contribution in [1.29, 1.82) is 0 Å². The molecule has 0 aliphatic heterocycles. The highest BCUT2D eigenvalue weighted by atomic mass is 127. The Bertz CT molecular complexity index is 1250. The standard InChI is InChI=1S/C27H17F9P.HI/c28-25(29,30)18-7-4-12-22(15-18)37(21-10-2-1-3-11-21,23-13-5-8-19(16-23)26(31,32)33)24-14-6-9-20(17-24)27(34,35)36;/h1-17H;1H/q+1;/p-1. The van der Waals surface area contributed by atoms with Gasteiger partial charge in [-0.25, -0.2) is 0 Å². The third-order valence-electron chi connectivity index (χ3n) is 5.83. The normalized spacial score (nSPS) is 12.7. The van der Waals surface area contributed by atoms with E-state index in [0.29, 0.717) is 5.30 Å². The molecule has 0 aromatic heterocycles. The Hall–Kier alpha value is -2.59. The molecular weight excluding hydrogens is 653 g/mol. The van der Waals surface area contributed by atoms with E-state index in [0.717, 1.165) is 54.6 Å². The molecule has 0 bridgehead atoms. The minimum absolute atomic E-state index is 0. The van der Waals surface area contributed by atoms with Crippen LogP contribution in [0.3, 0.4) is 0 Å². The predicted octanol–water partition coefficient (Wildman–Crippen LogP) is 4.37. The third kappa shape index (κ3) is 5.86. The molecule has 0 heterocycles. The molecule has 4 rings (SSSR count). The summed E-state index contributed by atoms with van der Waals surface area (Å²) < 4.78 is 123. The Morgan fingerprint density at radius 3 is 0.947 bits per heavy atom. The molecule has 0 saturated heterocycles. The summed E-state index contributed by atoms with van der Waals surface area (Å²) in [6, 6.07) is 19.8. The number of hydrogen-bond acceptors (Lipinski definition) is 0. The van der Waals surface area contributed by atoms with Crippen LogP contribution < -0.4 is 45.2 Å². The number of rotatable bonds is 4. The molecule has 0 aliphatic carbocycles. The Balaban J connectivity index is 0.00000400. The van der Waals surface area contributed by atoms with Crippen molar-refractivity contribution in [3.05, 3.63) is 120 Å². The molecule has 0 amide bonds. The summed E-state index contributed by atoms with van der Waals surface area (Å²) in [5.41, 5.74) is -3.20. The molecular formula is C27H17F9IP. The zero-order valence-corrected chi connectivity index (χ0v) is 22.1. The molecule has 38 heavy (non-hydrogen) atoms. The molecule has 0 unspecified atom stereocenters. The smallest absolute Gasteiger partial charge is 0.416 e. The van der Waals surface area contributed by atoms with Crippen LogP contribution in [0.4, 0.5) is 39.5 Å². The first-order valence-corrected chi connectivity index (χ1v) is 12.5. The lowest BCUT2D eigenvalue weighted by atomic mass is 10.2. The first-order valence-electron chi connectivity index (χ1n) is 10.7. The summed E-state index contributed by atoms with van der Waals surface area (Å²) in [6.07, 6.45) is -14.4. The van der Waals surface area contributed by atoms with Crippen LogP contribution in [0, 0.1) is 0 Å². The average Bonchev–Trinajstić information content (AvgIpc) is 2.84. The van der Waals surface area contributed by atoms with Crippen LogP contribution in [-0.2, 0) is 18.5 Å². The fraction of sp³-hybridized carbons (Fsp3) is 0.111. The lowest BCUT2D eigenvalue weighted by molar-refractivity contribution is -0.138. The second kappa shape index (κ2) is 10.9. The fourth-order valence-corrected chi connectivity index (χ4v) is 8.55. The molecule has 0 nitrogen and oxygen atoms in total. The molecule has 0 N–H and O–H groups in total. The van der Waals surface area contributed by atoms with Gasteiger partial charge in [0.15, 0.2) is 0 Å². The molecule has 4 aromatic rings. The Labute approximate surface area is 229 Å². The molecule has 0 atom stereocenters. The van der Waals surface area contributed by atoms with Gasteiger partial charge in [-0.15, -0.1) is 0 Å². The third-order valence-corrected chi connectivity index (χ3v) is 10.1. The van der Waals surface area contributed by atoms with Crippen molar-refractivity contribution in [2.75, 3.05) is 0 Å². The second-order valence-electron chi connectivity index (χ2n) is 8.15. The maximum Gasteiger partial charge on any atom is 0.416 e. The topological polar surface area (TPSA) is 0 Å². The SMILES string of the molecule is FC(F)(F)c1cccc([P+](c2ccccc2)(c2cccc(C(F)(F)F)c2)c2cccc(C(F)(F)F)c2)c1.[I-]. The Kier molecular flexibility index (Phi) is 8.58. The van der Waals surface area contributed by atoms with Crippen molar-refractivity contribution in [2.24, 2.45) is 0 Å². The summed E-state index contributed by atoms with van der Waals surface area (Å²) in [6.45, 7) is 0. The highest BCUT2D eigenvalue weighted by Crippen LogP contribution is 2.55. The van der Waals surface area contributed by atoms with E-state index >= 15 is 0 Å². The molecule has 11 heteroatoms. The van der Waals surface area contributed by atoms with Crippen molar-refractivity contribution in [2.45, 2.75) is 18.5 Å². The number of halogens is 10. The van der Waals surface area contributed by atoms with Gasteiger partial charge in [-0.2, -0.15) is 39.5 Å². The quantitative estimate of drug-likeness (QED) is 0.172. The van der Waals surface area contributed by atoms with E-state index in [4.69, 9.17) is 0 Å². The van der Waals surface area contributed by atoms with Gasteiger partial charge in [0.2, 0.25) is 0 Å². The first kappa shape index (κ1) is 30.0. The molecule has 4 aromatic carbocycles. The first-order chi connectivity index (χ1) is 17.2. The van der Waals surface area contributed by atoms with Gasteiger partial charge in [0.25, 0.3) is 0 Å². The zero-order chi connectivity index (χ0) is 27.1. The van der Waals surface area contributed by atoms with Crippen molar-refractivity contribution in [3.63, 3.8) is 0 Å². The van der Waals surface area contributed by atoms with Gasteiger partial charge < -0.3 is 24.0 Å². The fourth-order valence-electron chi connectivity index (χ4n) is 4.22. The van der Waals surface area contributed by atoms with Gasteiger partial charge in [0, 0.05) is 0 Å². The zero-order valence-electron chi connectivity index (χ0n) is 19.0. The summed E-state index contributed by atoms with van der Waals surface area (Å²) in [4.78, 5) is 0. The van der Waals surface area contributed by atoms with Crippen LogP contribution in [0.5, 0.6) is 0 Å². The van der Waals surface area contributed by atoms with Crippen LogP contribution in [0.1, 0.15) is 16.7 Å². The predicted molar refractivity (Wildman–Crippen MR) is 126 cm³/mol. The van der Waals surface area contributed by atoms with Crippen molar-refractivity contribution in [3.8, 4) is 0 Å². The van der Waals surface area contributed by atoms with Crippen molar-refractivity contribution < 1.29 is 63.5 Å². The van der Waals surface area contributed by atoms with Crippen LogP contribution >= 0.6 is 7.26 Å². The number of hydrogen-bond donors (Lipinski definition) is 0. The Morgan fingerprint density at radius 1 is 0.368 bits per heavy atom. The summed E-state index contributed by atoms with van der Waals surface area (Å²) in [7, 11) is -3.70. The van der Waals surface area contributed by atoms with Crippen molar-refractivity contribution in [1.82, 2.24) is 0 Å². The lowest BCUT2D eigenvalue weighted by Gasteiger charge is -2.29. The van der Waals surface area contributed by atoms with Crippen LogP contribution in [0.2, 0.25) is 0 Å². The van der Waals surface area contributed by atoms with Crippen molar-refractivity contribution >= 4 is 28.5 Å². The molecule has 200 valence electrons. The second-order valence-corrected chi connectivity index (χ2v) is 11.6. The molecule has 0 saturated carbocycles. The van der Waals surface area contributed by atoms with E-state index in [1.54, 1.807) is 18.2 Å². The van der Waals surface area contributed by atoms with Gasteiger partial charge in [0.05, 0.1) is 16.7 Å². The van der Waals surface area contributed by atoms with E-state index < -0.39 is 42.5 Å². The number of benzene rings is 4. The van der Waals surface area contributed by atoms with Crippen LogP contribution in [0.15, 0.2) is 103 Å². The summed E-state index contributed by atoms with van der Waals surface area (Å²) in [5.74, 6) is 0. The maximum atomic E-state index is 13.7. The summed E-state index contributed by atoms with van der Waals surface area (Å²) in [5, 5.41) is 0.194. The number of alkyl halides is 9. The lowest BCUT2D eigenvalue weighted by Crippen LogP contribution is -3.00. The van der Waals surface area contributed by atoms with E-state index in [-0.39, 0.29) is 39.9 Å². The van der Waals surface area contributed by atoms with Crippen LogP contribution in [0.25, 0.3) is 0 Å². The highest BCUT2D eigenvalue weighted by molar-refractivity contribution is 8.01. The average molecular weight is 670 g/mol. The molecule has 0 radical (unpaired) electrons. The molecule has 0 spiro atoms. The summed E-state index contributed by atoms with van der Waals surface area (Å²) >= 11 is 0. The highest BCUT2D eigenvalue weighted by Gasteiger charge is 2.50. The minimum atomic E-state index is -4.79. The van der Waals surface area contributed by atoms with E-state index in [9.17, 15) is 39.5 Å². The minimum Gasteiger partial charge on any atom is -1.00 e. The van der Waals surface area contributed by atoms with E-state index in [1.807, 2.05) is 0 Å². The van der Waals surface area contributed by atoms with E-state index in [2.05, 4.69) is 0 Å². The van der Waals surface area contributed by atoms with Gasteiger partial charge in [-0.3, -0.25) is 0 Å².